The quantitative estimate of drug-likeness (QED) is 0.145. The average Bonchev–Trinajstić information content (AvgIpc) is 3.71. The van der Waals surface area contributed by atoms with Crippen molar-refractivity contribution in [2.45, 2.75) is 0 Å². The van der Waals surface area contributed by atoms with Gasteiger partial charge in [-0.1, -0.05) is 164 Å². The summed E-state index contributed by atoms with van der Waals surface area (Å²) in [7, 11) is 0. The fraction of sp³-hybridized carbons (Fsp3) is 0. The number of rotatable bonds is 9. The summed E-state index contributed by atoms with van der Waals surface area (Å²) in [4.78, 5) is 4.67. The highest BCUT2D eigenvalue weighted by atomic mass is 16.3. The smallest absolute Gasteiger partial charge is 0.137 e. The van der Waals surface area contributed by atoms with Crippen molar-refractivity contribution in [3.63, 3.8) is 0 Å². The third-order valence-corrected chi connectivity index (χ3v) is 11.7. The lowest BCUT2D eigenvalue weighted by Crippen LogP contribution is -2.10. The minimum absolute atomic E-state index is 0.869. The second-order valence-corrected chi connectivity index (χ2v) is 15.4. The zero-order valence-corrected chi connectivity index (χ0v) is 33.4. The number of nitrogens with zero attached hydrogens (tertiary/aromatic N) is 2. The van der Waals surface area contributed by atoms with Crippen LogP contribution in [0.2, 0.25) is 0 Å². The lowest BCUT2D eigenvalue weighted by molar-refractivity contribution is 0.669. The molecule has 0 atom stereocenters. The van der Waals surface area contributed by atoms with Crippen molar-refractivity contribution in [3.05, 3.63) is 243 Å². The van der Waals surface area contributed by atoms with Crippen molar-refractivity contribution in [1.29, 1.82) is 0 Å². The first-order chi connectivity index (χ1) is 30.2. The van der Waals surface area contributed by atoms with Crippen molar-refractivity contribution >= 4 is 66.8 Å². The molecule has 0 fully saturated rings. The third-order valence-electron chi connectivity index (χ3n) is 11.7. The Morgan fingerprint density at radius 3 is 1.18 bits per heavy atom. The second kappa shape index (κ2) is 15.6. The van der Waals surface area contributed by atoms with E-state index in [1.807, 2.05) is 12.1 Å². The molecule has 0 bridgehead atoms. The summed E-state index contributed by atoms with van der Waals surface area (Å²) in [5, 5.41) is 4.62. The molecule has 11 rings (SSSR count). The second-order valence-electron chi connectivity index (χ2n) is 15.4. The fourth-order valence-corrected chi connectivity index (χ4v) is 8.60. The van der Waals surface area contributed by atoms with Crippen molar-refractivity contribution < 1.29 is 4.42 Å². The molecule has 288 valence electrons. The van der Waals surface area contributed by atoms with E-state index in [1.165, 1.54) is 33.0 Å². The number of para-hydroxylation sites is 1. The maximum Gasteiger partial charge on any atom is 0.137 e. The zero-order chi connectivity index (χ0) is 40.5. The first kappa shape index (κ1) is 36.0. The molecule has 11 aromatic rings. The molecule has 1 aromatic heterocycles. The summed E-state index contributed by atoms with van der Waals surface area (Å²) in [6.07, 6.45) is 0. The molecule has 3 heteroatoms. The van der Waals surface area contributed by atoms with Gasteiger partial charge in [-0.3, -0.25) is 0 Å². The molecule has 3 nitrogen and oxygen atoms in total. The van der Waals surface area contributed by atoms with Crippen LogP contribution >= 0.6 is 0 Å². The predicted octanol–water partition coefficient (Wildman–Crippen LogP) is 16.7. The summed E-state index contributed by atoms with van der Waals surface area (Å²) in [5.74, 6) is 0. The van der Waals surface area contributed by atoms with Gasteiger partial charge < -0.3 is 14.2 Å². The number of hydrogen-bond acceptors (Lipinski definition) is 3. The molecular formula is C58H40N2O. The molecule has 0 saturated heterocycles. The van der Waals surface area contributed by atoms with Crippen LogP contribution in [0.1, 0.15) is 0 Å². The first-order valence-electron chi connectivity index (χ1n) is 20.7. The molecule has 0 unspecified atom stereocenters. The van der Waals surface area contributed by atoms with Gasteiger partial charge in [0.1, 0.15) is 11.2 Å². The molecule has 0 aliphatic rings. The van der Waals surface area contributed by atoms with Crippen LogP contribution in [0.4, 0.5) is 34.1 Å². The van der Waals surface area contributed by atoms with E-state index in [2.05, 4.69) is 240 Å². The van der Waals surface area contributed by atoms with Crippen LogP contribution in [0.5, 0.6) is 0 Å². The van der Waals surface area contributed by atoms with Gasteiger partial charge in [0, 0.05) is 50.7 Å². The summed E-state index contributed by atoms with van der Waals surface area (Å²) in [6.45, 7) is 0. The van der Waals surface area contributed by atoms with Gasteiger partial charge in [0.05, 0.1) is 5.69 Å². The Morgan fingerprint density at radius 2 is 0.639 bits per heavy atom. The van der Waals surface area contributed by atoms with E-state index in [0.717, 1.165) is 67.2 Å². The monoisotopic (exact) mass is 780 g/mol. The molecule has 1 heterocycles. The van der Waals surface area contributed by atoms with Gasteiger partial charge >= 0.3 is 0 Å². The van der Waals surface area contributed by atoms with Crippen LogP contribution in [0.25, 0.3) is 66.1 Å². The minimum Gasteiger partial charge on any atom is -0.456 e. The van der Waals surface area contributed by atoms with Crippen LogP contribution in [-0.4, -0.2) is 0 Å². The topological polar surface area (TPSA) is 19.6 Å². The molecule has 0 N–H and O–H groups in total. The lowest BCUT2D eigenvalue weighted by Gasteiger charge is -2.27. The Bertz CT molecular complexity index is 3180. The van der Waals surface area contributed by atoms with Crippen LogP contribution in [0.15, 0.2) is 247 Å². The van der Waals surface area contributed by atoms with Gasteiger partial charge in [0.25, 0.3) is 0 Å². The van der Waals surface area contributed by atoms with E-state index in [-0.39, 0.29) is 0 Å². The molecule has 0 aliphatic carbocycles. The van der Waals surface area contributed by atoms with Crippen molar-refractivity contribution in [2.75, 3.05) is 9.80 Å². The normalized spacial score (nSPS) is 11.3. The molecule has 10 aromatic carbocycles. The van der Waals surface area contributed by atoms with Crippen LogP contribution in [0, 0.1) is 0 Å². The summed E-state index contributed by atoms with van der Waals surface area (Å²) in [5.41, 5.74) is 15.3. The maximum absolute atomic E-state index is 6.38. The highest BCUT2D eigenvalue weighted by Gasteiger charge is 2.19. The Kier molecular flexibility index (Phi) is 9.18. The van der Waals surface area contributed by atoms with Gasteiger partial charge in [-0.25, -0.2) is 0 Å². The number of hydrogen-bond donors (Lipinski definition) is 0. The number of fused-ring (bicyclic) bond motifs is 4. The Morgan fingerprint density at radius 1 is 0.246 bits per heavy atom. The molecule has 0 saturated carbocycles. The number of benzene rings is 10. The number of anilines is 6. The van der Waals surface area contributed by atoms with Gasteiger partial charge in [-0.05, 0) is 112 Å². The van der Waals surface area contributed by atoms with Gasteiger partial charge in [-0.2, -0.15) is 0 Å². The van der Waals surface area contributed by atoms with Crippen molar-refractivity contribution in [2.24, 2.45) is 0 Å². The Hall–Kier alpha value is -8.14. The molecule has 0 spiro atoms. The highest BCUT2D eigenvalue weighted by molar-refractivity contribution is 6.07. The minimum atomic E-state index is 0.869. The molecule has 0 amide bonds. The fourth-order valence-electron chi connectivity index (χ4n) is 8.60. The summed E-state index contributed by atoms with van der Waals surface area (Å²) < 4.78 is 6.38. The van der Waals surface area contributed by atoms with Gasteiger partial charge in [0.2, 0.25) is 0 Å². The highest BCUT2D eigenvalue weighted by Crippen LogP contribution is 2.43. The molecule has 61 heavy (non-hydrogen) atoms. The standard InChI is InChI=1S/C58H40N2O/c1-3-12-41(13-4-1)43-22-30-48(31-23-43)59(49-32-24-44(25-33-49)42-14-5-2-6-15-42)50-34-26-45(27-35-50)46-28-36-51(37-29-46)60(56-20-11-17-47-16-7-8-18-53(47)56)52-38-39-55-54-19-9-10-21-57(54)61-58(55)40-52/h1-40H. The summed E-state index contributed by atoms with van der Waals surface area (Å²) in [6, 6.07) is 86.5. The third kappa shape index (κ3) is 6.88. The summed E-state index contributed by atoms with van der Waals surface area (Å²) >= 11 is 0. The van der Waals surface area contributed by atoms with Crippen molar-refractivity contribution in [3.8, 4) is 33.4 Å². The lowest BCUT2D eigenvalue weighted by atomic mass is 10.0. The van der Waals surface area contributed by atoms with Crippen molar-refractivity contribution in [1.82, 2.24) is 0 Å². The van der Waals surface area contributed by atoms with Gasteiger partial charge in [-0.15, -0.1) is 0 Å². The largest absolute Gasteiger partial charge is 0.456 e. The van der Waals surface area contributed by atoms with E-state index in [4.69, 9.17) is 4.42 Å². The molecule has 0 radical (unpaired) electrons. The van der Waals surface area contributed by atoms with Gasteiger partial charge in [0.15, 0.2) is 0 Å². The zero-order valence-electron chi connectivity index (χ0n) is 33.4. The molecule has 0 aliphatic heterocycles. The maximum atomic E-state index is 6.38. The molecular weight excluding hydrogens is 741 g/mol. The van der Waals surface area contributed by atoms with E-state index in [9.17, 15) is 0 Å². The SMILES string of the molecule is c1ccc(-c2ccc(N(c3ccc(-c4ccccc4)cc3)c3ccc(-c4ccc(N(c5ccc6c(c5)oc5ccccc56)c5cccc6ccccc56)cc4)cc3)cc2)cc1. The van der Waals surface area contributed by atoms with E-state index < -0.39 is 0 Å². The first-order valence-corrected chi connectivity index (χ1v) is 20.7. The van der Waals surface area contributed by atoms with Crippen LogP contribution in [-0.2, 0) is 0 Å². The van der Waals surface area contributed by atoms with E-state index >= 15 is 0 Å². The van der Waals surface area contributed by atoms with E-state index in [0.29, 0.717) is 0 Å². The Labute approximate surface area is 355 Å². The Balaban J connectivity index is 0.944. The van der Waals surface area contributed by atoms with E-state index in [1.54, 1.807) is 0 Å². The average molecular weight is 781 g/mol. The van der Waals surface area contributed by atoms with Crippen LogP contribution < -0.4 is 9.80 Å². The number of furan rings is 1. The van der Waals surface area contributed by atoms with Crippen LogP contribution in [0.3, 0.4) is 0 Å². The predicted molar refractivity (Wildman–Crippen MR) is 257 cm³/mol.